The molecule has 0 saturated carbocycles. The number of rotatable bonds is 10. The van der Waals surface area contributed by atoms with Crippen LogP contribution in [-0.2, 0) is 9.47 Å². The summed E-state index contributed by atoms with van der Waals surface area (Å²) in [6.45, 7) is 6.68. The molecule has 0 spiro atoms. The van der Waals surface area contributed by atoms with Crippen molar-refractivity contribution in [3.05, 3.63) is 0 Å². The van der Waals surface area contributed by atoms with Crippen LogP contribution in [0.4, 0.5) is 0 Å². The van der Waals surface area contributed by atoms with Crippen molar-refractivity contribution in [3.63, 3.8) is 0 Å². The molecule has 1 unspecified atom stereocenters. The van der Waals surface area contributed by atoms with Crippen molar-refractivity contribution in [2.45, 2.75) is 45.1 Å². The van der Waals surface area contributed by atoms with E-state index in [1.54, 1.807) is 6.92 Å². The molecule has 0 radical (unpaired) electrons. The minimum atomic E-state index is -0.690. The van der Waals surface area contributed by atoms with Crippen molar-refractivity contribution in [2.75, 3.05) is 26.4 Å². The van der Waals surface area contributed by atoms with Gasteiger partial charge in [0.1, 0.15) is 5.54 Å². The van der Waals surface area contributed by atoms with Crippen LogP contribution in [0.5, 0.6) is 0 Å². The Labute approximate surface area is 98.7 Å². The van der Waals surface area contributed by atoms with Crippen LogP contribution in [0.1, 0.15) is 39.5 Å². The van der Waals surface area contributed by atoms with E-state index in [1.807, 2.05) is 0 Å². The molecule has 0 fully saturated rings. The SMILES string of the molecule is CCCOCCOCCCCC(C)(N)C#N. The standard InChI is InChI=1S/C12H24N2O2/c1-3-7-15-9-10-16-8-5-4-6-12(2,14)11-13/h3-10,14H2,1-2H3. The fourth-order valence-electron chi connectivity index (χ4n) is 1.22. The van der Waals surface area contributed by atoms with Crippen molar-refractivity contribution in [1.82, 2.24) is 0 Å². The van der Waals surface area contributed by atoms with Crippen LogP contribution in [0.25, 0.3) is 0 Å². The lowest BCUT2D eigenvalue weighted by molar-refractivity contribution is 0.0463. The second kappa shape index (κ2) is 9.59. The quantitative estimate of drug-likeness (QED) is 0.579. The molecule has 4 heteroatoms. The van der Waals surface area contributed by atoms with Crippen LogP contribution in [-0.4, -0.2) is 32.0 Å². The van der Waals surface area contributed by atoms with E-state index in [-0.39, 0.29) is 0 Å². The van der Waals surface area contributed by atoms with E-state index in [4.69, 9.17) is 20.5 Å². The predicted molar refractivity (Wildman–Crippen MR) is 64.0 cm³/mol. The van der Waals surface area contributed by atoms with Crippen LogP contribution in [0.2, 0.25) is 0 Å². The molecule has 0 bridgehead atoms. The monoisotopic (exact) mass is 228 g/mol. The van der Waals surface area contributed by atoms with Crippen LogP contribution >= 0.6 is 0 Å². The highest BCUT2D eigenvalue weighted by atomic mass is 16.5. The minimum Gasteiger partial charge on any atom is -0.379 e. The fraction of sp³-hybridized carbons (Fsp3) is 0.917. The Morgan fingerprint density at radius 3 is 2.31 bits per heavy atom. The fourth-order valence-corrected chi connectivity index (χ4v) is 1.22. The van der Waals surface area contributed by atoms with Crippen LogP contribution in [0, 0.1) is 11.3 Å². The maximum Gasteiger partial charge on any atom is 0.101 e. The Hall–Kier alpha value is -0.630. The molecule has 0 heterocycles. The highest BCUT2D eigenvalue weighted by molar-refractivity contribution is 5.00. The average Bonchev–Trinajstić information content (AvgIpc) is 2.27. The third-order valence-corrected chi connectivity index (χ3v) is 2.21. The normalized spacial score (nSPS) is 14.4. The molecule has 0 aliphatic carbocycles. The smallest absolute Gasteiger partial charge is 0.101 e. The van der Waals surface area contributed by atoms with Crippen LogP contribution < -0.4 is 5.73 Å². The summed E-state index contributed by atoms with van der Waals surface area (Å²) in [6.07, 6.45) is 3.64. The topological polar surface area (TPSA) is 68.3 Å². The summed E-state index contributed by atoms with van der Waals surface area (Å²) in [4.78, 5) is 0. The molecular formula is C12H24N2O2. The zero-order valence-electron chi connectivity index (χ0n) is 10.5. The molecule has 4 nitrogen and oxygen atoms in total. The van der Waals surface area contributed by atoms with Gasteiger partial charge >= 0.3 is 0 Å². The zero-order valence-corrected chi connectivity index (χ0v) is 10.5. The number of nitrogens with zero attached hydrogens (tertiary/aromatic N) is 1. The van der Waals surface area contributed by atoms with Gasteiger partial charge in [-0.2, -0.15) is 5.26 Å². The van der Waals surface area contributed by atoms with Gasteiger partial charge in [-0.25, -0.2) is 0 Å². The Morgan fingerprint density at radius 1 is 1.12 bits per heavy atom. The molecule has 94 valence electrons. The predicted octanol–water partition coefficient (Wildman–Crippen LogP) is 1.84. The molecule has 0 amide bonds. The first kappa shape index (κ1) is 15.4. The van der Waals surface area contributed by atoms with Gasteiger partial charge < -0.3 is 15.2 Å². The number of nitrogens with two attached hydrogens (primary N) is 1. The summed E-state index contributed by atoms with van der Waals surface area (Å²) in [6, 6.07) is 2.08. The van der Waals surface area contributed by atoms with Crippen LogP contribution in [0.3, 0.4) is 0 Å². The molecule has 0 saturated heterocycles. The maximum atomic E-state index is 8.69. The molecule has 16 heavy (non-hydrogen) atoms. The van der Waals surface area contributed by atoms with E-state index in [0.29, 0.717) is 13.2 Å². The Kier molecular flexibility index (Phi) is 9.21. The third-order valence-electron chi connectivity index (χ3n) is 2.21. The second-order valence-corrected chi connectivity index (χ2v) is 4.21. The lowest BCUT2D eigenvalue weighted by atomic mass is 9.98. The summed E-state index contributed by atoms with van der Waals surface area (Å²) in [5.74, 6) is 0. The third kappa shape index (κ3) is 9.91. The van der Waals surface area contributed by atoms with Crippen molar-refractivity contribution in [1.29, 1.82) is 5.26 Å². The van der Waals surface area contributed by atoms with Crippen molar-refractivity contribution >= 4 is 0 Å². The van der Waals surface area contributed by atoms with Crippen molar-refractivity contribution < 1.29 is 9.47 Å². The molecule has 0 aliphatic heterocycles. The van der Waals surface area contributed by atoms with Gasteiger partial charge in [-0.15, -0.1) is 0 Å². The number of nitriles is 1. The zero-order chi connectivity index (χ0) is 12.3. The van der Waals surface area contributed by atoms with Crippen LogP contribution in [0.15, 0.2) is 0 Å². The molecule has 1 atom stereocenters. The molecular weight excluding hydrogens is 204 g/mol. The van der Waals surface area contributed by atoms with Gasteiger partial charge in [-0.1, -0.05) is 6.92 Å². The summed E-state index contributed by atoms with van der Waals surface area (Å²) in [7, 11) is 0. The molecule has 0 aromatic carbocycles. The Balaban J connectivity index is 3.14. The van der Waals surface area contributed by atoms with Gasteiger partial charge in [0.15, 0.2) is 0 Å². The van der Waals surface area contributed by atoms with E-state index in [9.17, 15) is 0 Å². The number of hydrogen-bond acceptors (Lipinski definition) is 4. The number of hydrogen-bond donors (Lipinski definition) is 1. The number of unbranched alkanes of at least 4 members (excludes halogenated alkanes) is 1. The summed E-state index contributed by atoms with van der Waals surface area (Å²) in [5.41, 5.74) is 5.00. The largest absolute Gasteiger partial charge is 0.379 e. The molecule has 0 rings (SSSR count). The highest BCUT2D eigenvalue weighted by Crippen LogP contribution is 2.08. The first-order chi connectivity index (χ1) is 7.62. The van der Waals surface area contributed by atoms with Crippen molar-refractivity contribution in [2.24, 2.45) is 5.73 Å². The molecule has 2 N–H and O–H groups in total. The summed E-state index contributed by atoms with van der Waals surface area (Å²) >= 11 is 0. The van der Waals surface area contributed by atoms with E-state index in [2.05, 4.69) is 13.0 Å². The molecule has 0 aliphatic rings. The number of ether oxygens (including phenoxy) is 2. The maximum absolute atomic E-state index is 8.69. The first-order valence-electron chi connectivity index (χ1n) is 5.98. The Morgan fingerprint density at radius 2 is 1.75 bits per heavy atom. The average molecular weight is 228 g/mol. The first-order valence-corrected chi connectivity index (χ1v) is 5.98. The summed E-state index contributed by atoms with van der Waals surface area (Å²) < 4.78 is 10.7. The van der Waals surface area contributed by atoms with Crippen molar-refractivity contribution in [3.8, 4) is 6.07 Å². The lowest BCUT2D eigenvalue weighted by Crippen LogP contribution is -2.33. The van der Waals surface area contributed by atoms with E-state index in [0.717, 1.165) is 38.9 Å². The minimum absolute atomic E-state index is 0.651. The van der Waals surface area contributed by atoms with Gasteiger partial charge in [0.05, 0.1) is 19.3 Å². The molecule has 0 aromatic rings. The van der Waals surface area contributed by atoms with Gasteiger partial charge in [0.2, 0.25) is 0 Å². The van der Waals surface area contributed by atoms with Gasteiger partial charge in [-0.3, -0.25) is 0 Å². The van der Waals surface area contributed by atoms with E-state index < -0.39 is 5.54 Å². The van der Waals surface area contributed by atoms with Gasteiger partial charge in [-0.05, 0) is 32.6 Å². The van der Waals surface area contributed by atoms with Gasteiger partial charge in [0, 0.05) is 13.2 Å². The second-order valence-electron chi connectivity index (χ2n) is 4.21. The molecule has 0 aromatic heterocycles. The highest BCUT2D eigenvalue weighted by Gasteiger charge is 2.15. The van der Waals surface area contributed by atoms with E-state index in [1.165, 1.54) is 0 Å². The summed E-state index contributed by atoms with van der Waals surface area (Å²) in [5, 5.41) is 8.69. The lowest BCUT2D eigenvalue weighted by Gasteiger charge is -2.14. The van der Waals surface area contributed by atoms with E-state index >= 15 is 0 Å². The Bertz CT molecular complexity index is 200. The van der Waals surface area contributed by atoms with Gasteiger partial charge in [0.25, 0.3) is 0 Å².